The summed E-state index contributed by atoms with van der Waals surface area (Å²) in [5.74, 6) is -0.796. The third-order valence-corrected chi connectivity index (χ3v) is 4.93. The van der Waals surface area contributed by atoms with Gasteiger partial charge in [-0.15, -0.1) is 0 Å². The van der Waals surface area contributed by atoms with Gasteiger partial charge in [0.15, 0.2) is 0 Å². The number of carboxylic acid groups (broad SMARTS) is 1. The molecule has 5 nitrogen and oxygen atoms in total. The van der Waals surface area contributed by atoms with Crippen LogP contribution in [0.25, 0.3) is 21.8 Å². The van der Waals surface area contributed by atoms with Gasteiger partial charge in [-0.3, -0.25) is 9.59 Å². The van der Waals surface area contributed by atoms with Crippen molar-refractivity contribution in [2.75, 3.05) is 0 Å². The maximum absolute atomic E-state index is 12.3. The van der Waals surface area contributed by atoms with Gasteiger partial charge in [-0.05, 0) is 24.5 Å². The number of nitrogens with one attached hydrogen (secondary N) is 2. The van der Waals surface area contributed by atoms with E-state index in [1.807, 2.05) is 24.3 Å². The molecule has 2 heterocycles. The summed E-state index contributed by atoms with van der Waals surface area (Å²) in [6.07, 6.45) is 4.76. The zero-order valence-corrected chi connectivity index (χ0v) is 12.0. The number of aromatic amines is 2. The Labute approximate surface area is 126 Å². The molecule has 1 aromatic carbocycles. The van der Waals surface area contributed by atoms with Crippen LogP contribution in [0.15, 0.2) is 35.3 Å². The Hall–Kier alpha value is -2.56. The molecule has 0 amide bonds. The summed E-state index contributed by atoms with van der Waals surface area (Å²) in [6.45, 7) is 0. The molecule has 1 fully saturated rings. The van der Waals surface area contributed by atoms with E-state index in [1.54, 1.807) is 6.20 Å². The van der Waals surface area contributed by atoms with Gasteiger partial charge in [-0.1, -0.05) is 31.0 Å². The second-order valence-corrected chi connectivity index (χ2v) is 6.05. The van der Waals surface area contributed by atoms with Crippen LogP contribution in [0.3, 0.4) is 0 Å². The van der Waals surface area contributed by atoms with Gasteiger partial charge in [0, 0.05) is 22.5 Å². The predicted octanol–water partition coefficient (Wildman–Crippen LogP) is 2.91. The second-order valence-electron chi connectivity index (χ2n) is 6.05. The zero-order valence-electron chi connectivity index (χ0n) is 12.0. The molecule has 0 radical (unpaired) electrons. The van der Waals surface area contributed by atoms with E-state index in [0.717, 1.165) is 34.7 Å². The van der Waals surface area contributed by atoms with Crippen LogP contribution < -0.4 is 5.56 Å². The summed E-state index contributed by atoms with van der Waals surface area (Å²) >= 11 is 0. The van der Waals surface area contributed by atoms with Crippen molar-refractivity contribution in [1.82, 2.24) is 9.97 Å². The number of benzene rings is 1. The fourth-order valence-corrected chi connectivity index (χ4v) is 3.83. The van der Waals surface area contributed by atoms with Crippen LogP contribution >= 0.6 is 0 Å². The van der Waals surface area contributed by atoms with Crippen molar-refractivity contribution >= 4 is 27.8 Å². The van der Waals surface area contributed by atoms with Crippen molar-refractivity contribution in [1.29, 1.82) is 0 Å². The topological polar surface area (TPSA) is 85.9 Å². The van der Waals surface area contributed by atoms with Gasteiger partial charge < -0.3 is 15.1 Å². The Bertz CT molecular complexity index is 945. The Morgan fingerprint density at radius 3 is 2.64 bits per heavy atom. The molecule has 4 rings (SSSR count). The first-order chi connectivity index (χ1) is 10.6. The number of rotatable bonds is 2. The molecule has 0 atom stereocenters. The molecule has 0 bridgehead atoms. The molecule has 1 saturated carbocycles. The highest BCUT2D eigenvalue weighted by Crippen LogP contribution is 2.44. The van der Waals surface area contributed by atoms with Crippen LogP contribution in [-0.2, 0) is 10.2 Å². The summed E-state index contributed by atoms with van der Waals surface area (Å²) in [6, 6.07) is 7.53. The average molecular weight is 296 g/mol. The molecule has 112 valence electrons. The third kappa shape index (κ3) is 1.59. The Morgan fingerprint density at radius 2 is 1.91 bits per heavy atom. The number of para-hydroxylation sites is 1. The first-order valence-corrected chi connectivity index (χ1v) is 7.49. The lowest BCUT2D eigenvalue weighted by Crippen LogP contribution is -2.32. The van der Waals surface area contributed by atoms with Crippen LogP contribution in [0, 0.1) is 0 Å². The van der Waals surface area contributed by atoms with E-state index in [1.165, 1.54) is 0 Å². The van der Waals surface area contributed by atoms with Gasteiger partial charge in [0.2, 0.25) is 0 Å². The summed E-state index contributed by atoms with van der Waals surface area (Å²) in [5.41, 5.74) is 0.850. The molecule has 0 spiro atoms. The molecule has 3 N–H and O–H groups in total. The molecule has 0 aliphatic heterocycles. The van der Waals surface area contributed by atoms with E-state index in [2.05, 4.69) is 9.97 Å². The van der Waals surface area contributed by atoms with Crippen molar-refractivity contribution in [3.63, 3.8) is 0 Å². The Kier molecular flexibility index (Phi) is 2.66. The van der Waals surface area contributed by atoms with Crippen LogP contribution in [-0.4, -0.2) is 21.0 Å². The van der Waals surface area contributed by atoms with Crippen LogP contribution in [0.4, 0.5) is 0 Å². The quantitative estimate of drug-likeness (QED) is 0.679. The van der Waals surface area contributed by atoms with Gasteiger partial charge in [0.05, 0.1) is 5.41 Å². The molecule has 1 aliphatic rings. The monoisotopic (exact) mass is 296 g/mol. The summed E-state index contributed by atoms with van der Waals surface area (Å²) in [5, 5.41) is 11.5. The lowest BCUT2D eigenvalue weighted by atomic mass is 9.78. The lowest BCUT2D eigenvalue weighted by Gasteiger charge is -2.23. The minimum Gasteiger partial charge on any atom is -0.481 e. The number of hydrogen-bond acceptors (Lipinski definition) is 2. The van der Waals surface area contributed by atoms with Crippen LogP contribution in [0.5, 0.6) is 0 Å². The van der Waals surface area contributed by atoms with Crippen molar-refractivity contribution in [3.05, 3.63) is 46.4 Å². The van der Waals surface area contributed by atoms with Gasteiger partial charge >= 0.3 is 5.97 Å². The molecule has 22 heavy (non-hydrogen) atoms. The first-order valence-electron chi connectivity index (χ1n) is 7.49. The fraction of sp³-hybridized carbons (Fsp3) is 0.294. The molecular weight excluding hydrogens is 280 g/mol. The minimum absolute atomic E-state index is 0.210. The number of H-pyrrole nitrogens is 2. The number of aliphatic carboxylic acids is 1. The van der Waals surface area contributed by atoms with Gasteiger partial charge in [-0.2, -0.15) is 0 Å². The van der Waals surface area contributed by atoms with Crippen molar-refractivity contribution in [2.24, 2.45) is 0 Å². The number of hydrogen-bond donors (Lipinski definition) is 3. The van der Waals surface area contributed by atoms with Gasteiger partial charge in [0.25, 0.3) is 5.56 Å². The van der Waals surface area contributed by atoms with Crippen molar-refractivity contribution < 1.29 is 9.90 Å². The molecule has 5 heteroatoms. The summed E-state index contributed by atoms with van der Waals surface area (Å²) < 4.78 is 0. The smallest absolute Gasteiger partial charge is 0.314 e. The number of carboxylic acids is 1. The average Bonchev–Trinajstić information content (AvgIpc) is 3.15. The zero-order chi connectivity index (χ0) is 15.3. The normalized spacial score (nSPS) is 17.3. The van der Waals surface area contributed by atoms with Gasteiger partial charge in [0.1, 0.15) is 5.52 Å². The predicted molar refractivity (Wildman–Crippen MR) is 84.2 cm³/mol. The Morgan fingerprint density at radius 1 is 1.18 bits per heavy atom. The molecule has 0 unspecified atom stereocenters. The van der Waals surface area contributed by atoms with E-state index in [9.17, 15) is 14.7 Å². The molecular formula is C17H16N2O3. The minimum atomic E-state index is -0.880. The van der Waals surface area contributed by atoms with E-state index in [0.29, 0.717) is 18.4 Å². The lowest BCUT2D eigenvalue weighted by molar-refractivity contribution is -0.143. The molecule has 1 aliphatic carbocycles. The highest BCUT2D eigenvalue weighted by atomic mass is 16.4. The molecule has 3 aromatic rings. The number of carbonyl (C=O) groups is 1. The van der Waals surface area contributed by atoms with Crippen molar-refractivity contribution in [2.45, 2.75) is 31.1 Å². The SMILES string of the molecule is O=C(O)C1(c2c[nH]c3c(=O)[nH]c4ccccc4c23)CCCC1. The van der Waals surface area contributed by atoms with E-state index >= 15 is 0 Å². The fourth-order valence-electron chi connectivity index (χ4n) is 3.83. The third-order valence-electron chi connectivity index (χ3n) is 4.93. The summed E-state index contributed by atoms with van der Waals surface area (Å²) in [7, 11) is 0. The molecule has 2 aromatic heterocycles. The second kappa shape index (κ2) is 4.47. The number of pyridine rings is 1. The van der Waals surface area contributed by atoms with E-state index in [4.69, 9.17) is 0 Å². The largest absolute Gasteiger partial charge is 0.481 e. The highest BCUT2D eigenvalue weighted by molar-refractivity contribution is 6.08. The first kappa shape index (κ1) is 13.1. The maximum atomic E-state index is 12.3. The number of aromatic nitrogens is 2. The standard InChI is InChI=1S/C17H16N2O3/c20-15-14-13(10-5-1-2-6-12(10)19-15)11(9-18-14)17(16(21)22)7-3-4-8-17/h1-2,5-6,9,18H,3-4,7-8H2,(H,19,20)(H,21,22). The van der Waals surface area contributed by atoms with Crippen molar-refractivity contribution in [3.8, 4) is 0 Å². The van der Waals surface area contributed by atoms with Crippen LogP contribution in [0.1, 0.15) is 31.2 Å². The maximum Gasteiger partial charge on any atom is 0.314 e. The van der Waals surface area contributed by atoms with Gasteiger partial charge in [-0.25, -0.2) is 0 Å². The molecule has 0 saturated heterocycles. The van der Waals surface area contributed by atoms with Crippen LogP contribution in [0.2, 0.25) is 0 Å². The summed E-state index contributed by atoms with van der Waals surface area (Å²) in [4.78, 5) is 30.1. The number of fused-ring (bicyclic) bond motifs is 3. The Balaban J connectivity index is 2.16. The van der Waals surface area contributed by atoms with E-state index in [-0.39, 0.29) is 5.56 Å². The highest BCUT2D eigenvalue weighted by Gasteiger charge is 2.44. The van der Waals surface area contributed by atoms with E-state index < -0.39 is 11.4 Å².